The summed E-state index contributed by atoms with van der Waals surface area (Å²) in [5.41, 5.74) is 12.2. The number of benzene rings is 1. The zero-order valence-corrected chi connectivity index (χ0v) is 10.6. The minimum Gasteiger partial charge on any atom is -0.492 e. The number of nitrogens with two attached hydrogens (primary N) is 2. The van der Waals surface area contributed by atoms with Crippen LogP contribution in [-0.4, -0.2) is 29.9 Å². The molecule has 0 saturated carbocycles. The van der Waals surface area contributed by atoms with Gasteiger partial charge in [0, 0.05) is 23.1 Å². The first-order valence-corrected chi connectivity index (χ1v) is 5.89. The van der Waals surface area contributed by atoms with E-state index in [1.54, 1.807) is 24.3 Å². The lowest BCUT2D eigenvalue weighted by Gasteiger charge is -2.08. The number of carbonyl (C=O) groups is 1. The molecule has 0 aliphatic carbocycles. The second kappa shape index (κ2) is 5.87. The van der Waals surface area contributed by atoms with Gasteiger partial charge in [-0.15, -0.1) is 0 Å². The van der Waals surface area contributed by atoms with Gasteiger partial charge in [0.05, 0.1) is 12.8 Å². The van der Waals surface area contributed by atoms with E-state index < -0.39 is 5.91 Å². The summed E-state index contributed by atoms with van der Waals surface area (Å²) in [6.07, 6.45) is 3.33. The van der Waals surface area contributed by atoms with Crippen LogP contribution in [0.5, 0.6) is 5.75 Å². The lowest BCUT2D eigenvalue weighted by Crippen LogP contribution is -2.24. The van der Waals surface area contributed by atoms with Gasteiger partial charge in [-0.25, -0.2) is 0 Å². The highest BCUT2D eigenvalue weighted by Crippen LogP contribution is 2.29. The highest BCUT2D eigenvalue weighted by Gasteiger charge is 2.16. The molecule has 0 atom stereocenters. The van der Waals surface area contributed by atoms with E-state index >= 15 is 0 Å². The van der Waals surface area contributed by atoms with Crippen LogP contribution < -0.4 is 16.2 Å². The van der Waals surface area contributed by atoms with Crippen molar-refractivity contribution < 1.29 is 14.7 Å². The summed E-state index contributed by atoms with van der Waals surface area (Å²) in [5.74, 6) is -0.206. The maximum Gasteiger partial charge on any atom is 0.276 e. The van der Waals surface area contributed by atoms with E-state index in [0.717, 1.165) is 0 Å². The number of nitrogens with zero attached hydrogens (tertiary/aromatic N) is 2. The van der Waals surface area contributed by atoms with Crippen LogP contribution in [0.3, 0.4) is 0 Å². The van der Waals surface area contributed by atoms with E-state index in [1.807, 2.05) is 0 Å². The molecule has 1 aliphatic heterocycles. The molecule has 104 valence electrons. The molecule has 7 heteroatoms. The molecule has 20 heavy (non-hydrogen) atoms. The number of fused-ring (bicyclic) bond motifs is 1. The van der Waals surface area contributed by atoms with Crippen LogP contribution in [-0.2, 0) is 4.79 Å². The predicted octanol–water partition coefficient (Wildman–Crippen LogP) is 0.461. The van der Waals surface area contributed by atoms with Crippen molar-refractivity contribution in [1.29, 1.82) is 0 Å². The van der Waals surface area contributed by atoms with Gasteiger partial charge in [-0.2, -0.15) is 4.99 Å². The normalized spacial score (nSPS) is 13.9. The lowest BCUT2D eigenvalue weighted by atomic mass is 10.1. The first-order chi connectivity index (χ1) is 9.61. The number of guanidine groups is 1. The molecule has 1 aliphatic rings. The van der Waals surface area contributed by atoms with Gasteiger partial charge in [0.2, 0.25) is 0 Å². The van der Waals surface area contributed by atoms with Gasteiger partial charge in [0.15, 0.2) is 5.96 Å². The Morgan fingerprint density at radius 1 is 1.40 bits per heavy atom. The van der Waals surface area contributed by atoms with Gasteiger partial charge in [-0.1, -0.05) is 17.3 Å². The molecule has 0 bridgehead atoms. The zero-order chi connectivity index (χ0) is 14.5. The summed E-state index contributed by atoms with van der Waals surface area (Å²) in [6.45, 7) is 0.306. The number of rotatable bonds is 2. The first-order valence-electron chi connectivity index (χ1n) is 5.89. The molecular weight excluding hydrogens is 260 g/mol. The van der Waals surface area contributed by atoms with E-state index in [-0.39, 0.29) is 5.96 Å². The number of para-hydroxylation sites is 1. The van der Waals surface area contributed by atoms with Gasteiger partial charge in [0.25, 0.3) is 5.91 Å². The summed E-state index contributed by atoms with van der Waals surface area (Å²) < 4.78 is 5.60. The molecular formula is C13H14N4O3. The molecule has 1 heterocycles. The van der Waals surface area contributed by atoms with Gasteiger partial charge in [-0.3, -0.25) is 4.79 Å². The Balaban J connectivity index is 2.44. The number of carbonyl (C=O) groups excluding carboxylic acids is 1. The van der Waals surface area contributed by atoms with Crippen LogP contribution in [0.1, 0.15) is 17.5 Å². The van der Waals surface area contributed by atoms with Crippen LogP contribution in [0.15, 0.2) is 33.9 Å². The third-order valence-electron chi connectivity index (χ3n) is 2.73. The SMILES string of the molecule is NC(N)=NC(=O)C1=Cc2cccc(/C=N\O)c2OCC1. The van der Waals surface area contributed by atoms with E-state index in [0.29, 0.717) is 35.5 Å². The van der Waals surface area contributed by atoms with Crippen molar-refractivity contribution in [2.24, 2.45) is 21.6 Å². The van der Waals surface area contributed by atoms with Crippen molar-refractivity contribution in [2.75, 3.05) is 6.61 Å². The number of hydrogen-bond donors (Lipinski definition) is 3. The number of oxime groups is 1. The fourth-order valence-electron chi connectivity index (χ4n) is 1.90. The molecule has 0 saturated heterocycles. The molecule has 0 fully saturated rings. The maximum atomic E-state index is 11.8. The monoisotopic (exact) mass is 274 g/mol. The number of amides is 1. The molecule has 0 unspecified atom stereocenters. The summed E-state index contributed by atoms with van der Waals surface area (Å²) in [7, 11) is 0. The molecule has 0 spiro atoms. The first kappa shape index (κ1) is 13.6. The van der Waals surface area contributed by atoms with Crippen molar-refractivity contribution >= 4 is 24.2 Å². The van der Waals surface area contributed by atoms with Crippen molar-refractivity contribution in [3.63, 3.8) is 0 Å². The zero-order valence-electron chi connectivity index (χ0n) is 10.6. The van der Waals surface area contributed by atoms with E-state index in [9.17, 15) is 4.79 Å². The lowest BCUT2D eigenvalue weighted by molar-refractivity contribution is -0.114. The Labute approximate surface area is 115 Å². The molecule has 1 aromatic rings. The molecule has 0 radical (unpaired) electrons. The fourth-order valence-corrected chi connectivity index (χ4v) is 1.90. The van der Waals surface area contributed by atoms with Crippen LogP contribution in [0.2, 0.25) is 0 Å². The second-order valence-electron chi connectivity index (χ2n) is 4.12. The van der Waals surface area contributed by atoms with Gasteiger partial charge in [-0.05, 0) is 12.1 Å². The predicted molar refractivity (Wildman–Crippen MR) is 74.7 cm³/mol. The van der Waals surface area contributed by atoms with Crippen molar-refractivity contribution in [3.05, 3.63) is 34.9 Å². The largest absolute Gasteiger partial charge is 0.492 e. The Kier molecular flexibility index (Phi) is 3.99. The van der Waals surface area contributed by atoms with E-state index in [1.165, 1.54) is 6.21 Å². The average molecular weight is 274 g/mol. The van der Waals surface area contributed by atoms with Crippen molar-refractivity contribution in [3.8, 4) is 5.75 Å². The molecule has 2 rings (SSSR count). The third kappa shape index (κ3) is 2.94. The topological polar surface area (TPSA) is 123 Å². The summed E-state index contributed by atoms with van der Waals surface area (Å²) in [6, 6.07) is 5.30. The molecule has 1 aromatic carbocycles. The van der Waals surface area contributed by atoms with Crippen LogP contribution in [0.4, 0.5) is 0 Å². The maximum absolute atomic E-state index is 11.8. The highest BCUT2D eigenvalue weighted by molar-refractivity contribution is 6.04. The Bertz CT molecular complexity index is 616. The molecule has 5 N–H and O–H groups in total. The van der Waals surface area contributed by atoms with Crippen LogP contribution in [0.25, 0.3) is 6.08 Å². The number of hydrogen-bond acceptors (Lipinski definition) is 4. The fraction of sp³-hybridized carbons (Fsp3) is 0.154. The van der Waals surface area contributed by atoms with Gasteiger partial charge in [0.1, 0.15) is 5.75 Å². The van der Waals surface area contributed by atoms with E-state index in [4.69, 9.17) is 21.4 Å². The van der Waals surface area contributed by atoms with Crippen molar-refractivity contribution in [2.45, 2.75) is 6.42 Å². The standard InChI is InChI=1S/C13H14N4O3/c14-13(15)17-12(18)9-4-5-20-11-8(6-9)2-1-3-10(11)7-16-19/h1-3,6-7,19H,4-5H2,(H4,14,15,17,18)/b16-7-. The van der Waals surface area contributed by atoms with E-state index in [2.05, 4.69) is 10.1 Å². The quantitative estimate of drug-likeness (QED) is 0.313. The van der Waals surface area contributed by atoms with Crippen LogP contribution in [0, 0.1) is 0 Å². The van der Waals surface area contributed by atoms with Crippen molar-refractivity contribution in [1.82, 2.24) is 0 Å². The smallest absolute Gasteiger partial charge is 0.276 e. The molecule has 1 amide bonds. The minimum atomic E-state index is -0.484. The van der Waals surface area contributed by atoms with Gasteiger partial charge < -0.3 is 21.4 Å². The molecule has 7 nitrogen and oxygen atoms in total. The summed E-state index contributed by atoms with van der Waals surface area (Å²) in [5, 5.41) is 11.6. The molecule has 0 aromatic heterocycles. The Morgan fingerprint density at radius 3 is 2.90 bits per heavy atom. The number of ether oxygens (including phenoxy) is 1. The highest BCUT2D eigenvalue weighted by atomic mass is 16.5. The third-order valence-corrected chi connectivity index (χ3v) is 2.73. The average Bonchev–Trinajstić information content (AvgIpc) is 2.61. The Morgan fingerprint density at radius 2 is 2.20 bits per heavy atom. The van der Waals surface area contributed by atoms with Crippen LogP contribution >= 0.6 is 0 Å². The van der Waals surface area contributed by atoms with Gasteiger partial charge >= 0.3 is 0 Å². The second-order valence-corrected chi connectivity index (χ2v) is 4.12. The minimum absolute atomic E-state index is 0.276. The summed E-state index contributed by atoms with van der Waals surface area (Å²) >= 11 is 0. The summed E-state index contributed by atoms with van der Waals surface area (Å²) in [4.78, 5) is 15.4. The number of aliphatic imine (C=N–C) groups is 1. The Hall–Kier alpha value is -2.83.